The molecule has 0 aliphatic carbocycles. The van der Waals surface area contributed by atoms with Gasteiger partial charge in [0.05, 0.1) is 25.2 Å². The van der Waals surface area contributed by atoms with Gasteiger partial charge in [0.2, 0.25) is 5.91 Å². The number of hydrazine groups is 2. The van der Waals surface area contributed by atoms with Gasteiger partial charge in [-0.15, -0.1) is 5.53 Å². The first-order chi connectivity index (χ1) is 18.8. The topological polar surface area (TPSA) is 128 Å². The summed E-state index contributed by atoms with van der Waals surface area (Å²) in [7, 11) is 1.50. The molecule has 0 fully saturated rings. The lowest BCUT2D eigenvalue weighted by Crippen LogP contribution is -2.36. The number of benzene rings is 2. The molecule has 0 saturated carbocycles. The van der Waals surface area contributed by atoms with Crippen molar-refractivity contribution in [3.8, 4) is 16.9 Å². The highest BCUT2D eigenvalue weighted by Gasteiger charge is 2.24. The molecule has 1 unspecified atom stereocenters. The van der Waals surface area contributed by atoms with Crippen molar-refractivity contribution >= 4 is 57.2 Å². The van der Waals surface area contributed by atoms with E-state index in [0.29, 0.717) is 50.7 Å². The first kappa shape index (κ1) is 26.4. The Morgan fingerprint density at radius 2 is 1.95 bits per heavy atom. The van der Waals surface area contributed by atoms with E-state index in [4.69, 9.17) is 33.7 Å². The third kappa shape index (κ3) is 5.35. The van der Waals surface area contributed by atoms with Crippen LogP contribution >= 0.6 is 23.2 Å². The second kappa shape index (κ2) is 10.9. The number of rotatable bonds is 7. The fourth-order valence-electron chi connectivity index (χ4n) is 4.50. The van der Waals surface area contributed by atoms with Crippen LogP contribution in [0.25, 0.3) is 22.0 Å². The number of aromatic nitrogens is 2. The molecule has 4 aromatic rings. The van der Waals surface area contributed by atoms with Crippen molar-refractivity contribution in [1.29, 1.82) is 0 Å². The Hall–Kier alpha value is -4.25. The lowest BCUT2D eigenvalue weighted by molar-refractivity contribution is -0.326. The van der Waals surface area contributed by atoms with Crippen LogP contribution in [-0.2, 0) is 4.79 Å². The SMILES string of the molecule is CCC(C(=O)Nc1ccc2[nH+]c(N)ccc2c1)n1cc(OC)c(-c2cc(Cl)ccc2N2C=C(Cl)NN2)cc1=O. The van der Waals surface area contributed by atoms with Gasteiger partial charge in [0, 0.05) is 39.4 Å². The van der Waals surface area contributed by atoms with Crippen molar-refractivity contribution in [3.63, 3.8) is 0 Å². The number of aromatic amines is 1. The minimum atomic E-state index is -0.779. The van der Waals surface area contributed by atoms with E-state index in [0.717, 1.165) is 10.9 Å². The molecule has 200 valence electrons. The van der Waals surface area contributed by atoms with E-state index < -0.39 is 6.04 Å². The van der Waals surface area contributed by atoms with Crippen molar-refractivity contribution in [2.75, 3.05) is 23.2 Å². The standard InChI is InChI=1S/C27H25Cl2N7O3/c1-3-21(27(38)31-17-6-7-20-15(10-17)4-9-25(30)32-20)35-13-23(39-2)19(12-26(35)37)18-11-16(28)5-8-22(18)36-14-24(29)33-34-36/h4-14,21,33-34H,3H2,1-2H3,(H2,30,32)(H,31,38)/p+1. The van der Waals surface area contributed by atoms with E-state index in [-0.39, 0.29) is 11.5 Å². The van der Waals surface area contributed by atoms with E-state index in [1.165, 1.54) is 17.7 Å². The van der Waals surface area contributed by atoms with Crippen LogP contribution in [0.1, 0.15) is 19.4 Å². The summed E-state index contributed by atoms with van der Waals surface area (Å²) in [5, 5.41) is 6.34. The third-order valence-electron chi connectivity index (χ3n) is 6.38. The van der Waals surface area contributed by atoms with Gasteiger partial charge in [-0.2, -0.15) is 0 Å². The molecule has 10 nitrogen and oxygen atoms in total. The molecule has 2 aromatic carbocycles. The second-order valence-electron chi connectivity index (χ2n) is 8.88. The zero-order valence-corrected chi connectivity index (χ0v) is 22.6. The molecule has 0 spiro atoms. The summed E-state index contributed by atoms with van der Waals surface area (Å²) in [6.45, 7) is 1.84. The molecule has 0 radical (unpaired) electrons. The Labute approximate surface area is 233 Å². The van der Waals surface area contributed by atoms with Gasteiger partial charge in [-0.1, -0.05) is 30.1 Å². The molecular formula is C27H26Cl2N7O3+. The van der Waals surface area contributed by atoms with Crippen molar-refractivity contribution < 1.29 is 14.5 Å². The maximum Gasteiger partial charge on any atom is 0.270 e. The largest absolute Gasteiger partial charge is 0.495 e. The summed E-state index contributed by atoms with van der Waals surface area (Å²) >= 11 is 12.4. The van der Waals surface area contributed by atoms with Crippen LogP contribution in [0.2, 0.25) is 5.02 Å². The second-order valence-corrected chi connectivity index (χ2v) is 9.72. The number of methoxy groups -OCH3 is 1. The van der Waals surface area contributed by atoms with Gasteiger partial charge in [0.25, 0.3) is 11.4 Å². The normalized spacial score (nSPS) is 13.6. The average Bonchev–Trinajstić information content (AvgIpc) is 3.35. The number of nitrogen functional groups attached to an aromatic ring is 1. The van der Waals surface area contributed by atoms with Crippen LogP contribution in [0, 0.1) is 0 Å². The highest BCUT2D eigenvalue weighted by molar-refractivity contribution is 6.31. The smallest absolute Gasteiger partial charge is 0.270 e. The number of nitrogens with zero attached hydrogens (tertiary/aromatic N) is 2. The Bertz CT molecular complexity index is 1670. The molecule has 5 rings (SSSR count). The van der Waals surface area contributed by atoms with E-state index in [9.17, 15) is 9.59 Å². The zero-order chi connectivity index (χ0) is 27.7. The first-order valence-electron chi connectivity index (χ1n) is 12.1. The van der Waals surface area contributed by atoms with Gasteiger partial charge >= 0.3 is 0 Å². The number of pyridine rings is 2. The molecule has 1 atom stereocenters. The monoisotopic (exact) mass is 566 g/mol. The Balaban J connectivity index is 1.49. The zero-order valence-electron chi connectivity index (χ0n) is 21.1. The number of nitrogens with one attached hydrogen (secondary N) is 4. The number of hydrogen-bond donors (Lipinski definition) is 4. The maximum absolute atomic E-state index is 13.4. The molecule has 0 saturated heterocycles. The number of ether oxygens (including phenoxy) is 1. The van der Waals surface area contributed by atoms with E-state index in [1.54, 1.807) is 47.7 Å². The van der Waals surface area contributed by atoms with Crippen molar-refractivity contribution in [2.45, 2.75) is 19.4 Å². The molecule has 2 aromatic heterocycles. The first-order valence-corrected chi connectivity index (χ1v) is 12.8. The predicted octanol–water partition coefficient (Wildman–Crippen LogP) is 4.18. The van der Waals surface area contributed by atoms with Gasteiger partial charge in [0.1, 0.15) is 22.5 Å². The van der Waals surface area contributed by atoms with Crippen molar-refractivity contribution in [1.82, 2.24) is 15.5 Å². The molecule has 12 heteroatoms. The maximum atomic E-state index is 13.4. The molecular weight excluding hydrogens is 541 g/mol. The molecule has 0 bridgehead atoms. The van der Waals surface area contributed by atoms with Gasteiger partial charge in [0.15, 0.2) is 0 Å². The quantitative estimate of drug-likeness (QED) is 0.247. The van der Waals surface area contributed by atoms with Crippen LogP contribution in [-0.4, -0.2) is 17.6 Å². The van der Waals surface area contributed by atoms with E-state index in [1.807, 2.05) is 25.1 Å². The number of fused-ring (bicyclic) bond motifs is 1. The summed E-state index contributed by atoms with van der Waals surface area (Å²) in [6.07, 6.45) is 3.58. The number of halogens is 2. The molecule has 1 aliphatic heterocycles. The van der Waals surface area contributed by atoms with Crippen LogP contribution in [0.3, 0.4) is 0 Å². The van der Waals surface area contributed by atoms with Gasteiger partial charge in [-0.05, 0) is 48.9 Å². The van der Waals surface area contributed by atoms with Crippen LogP contribution in [0.4, 0.5) is 17.2 Å². The number of hydrogen-bond acceptors (Lipinski definition) is 7. The number of carbonyl (C=O) groups is 1. The molecule has 1 amide bonds. The summed E-state index contributed by atoms with van der Waals surface area (Å²) in [5.41, 5.74) is 14.4. The average molecular weight is 567 g/mol. The molecule has 39 heavy (non-hydrogen) atoms. The van der Waals surface area contributed by atoms with Crippen LogP contribution in [0.5, 0.6) is 5.75 Å². The number of carbonyl (C=O) groups excluding carboxylic acids is 1. The molecule has 6 N–H and O–H groups in total. The Kier molecular flexibility index (Phi) is 7.34. The highest BCUT2D eigenvalue weighted by Crippen LogP contribution is 2.38. The van der Waals surface area contributed by atoms with E-state index >= 15 is 0 Å². The lowest BCUT2D eigenvalue weighted by atomic mass is 10.0. The number of anilines is 3. The Morgan fingerprint density at radius 1 is 1.13 bits per heavy atom. The minimum Gasteiger partial charge on any atom is -0.495 e. The van der Waals surface area contributed by atoms with Gasteiger partial charge in [-0.25, -0.2) is 4.98 Å². The summed E-state index contributed by atoms with van der Waals surface area (Å²) in [6, 6.07) is 15.0. The van der Waals surface area contributed by atoms with E-state index in [2.05, 4.69) is 21.3 Å². The number of nitrogens with two attached hydrogens (primary N) is 1. The number of amides is 1. The number of H-pyrrole nitrogens is 1. The predicted molar refractivity (Wildman–Crippen MR) is 153 cm³/mol. The third-order valence-corrected chi connectivity index (χ3v) is 6.80. The summed E-state index contributed by atoms with van der Waals surface area (Å²) in [4.78, 5) is 29.8. The molecule has 1 aliphatic rings. The highest BCUT2D eigenvalue weighted by atomic mass is 35.5. The van der Waals surface area contributed by atoms with Crippen molar-refractivity contribution in [2.24, 2.45) is 0 Å². The van der Waals surface area contributed by atoms with Gasteiger partial charge in [-0.3, -0.25) is 30.3 Å². The summed E-state index contributed by atoms with van der Waals surface area (Å²) in [5.74, 6) is 0.606. The summed E-state index contributed by atoms with van der Waals surface area (Å²) < 4.78 is 7.06. The minimum absolute atomic E-state index is 0.330. The van der Waals surface area contributed by atoms with Crippen molar-refractivity contribution in [3.05, 3.63) is 87.5 Å². The fourth-order valence-corrected chi connectivity index (χ4v) is 4.82. The lowest BCUT2D eigenvalue weighted by Gasteiger charge is -2.23. The fraction of sp³-hybridized carbons (Fsp3) is 0.148. The van der Waals surface area contributed by atoms with Gasteiger partial charge < -0.3 is 10.1 Å². The van der Waals surface area contributed by atoms with Crippen LogP contribution in [0.15, 0.2) is 76.9 Å². The van der Waals surface area contributed by atoms with Crippen LogP contribution < -0.4 is 42.3 Å². The Morgan fingerprint density at radius 3 is 2.67 bits per heavy atom. The molecule has 3 heterocycles.